The van der Waals surface area contributed by atoms with Crippen LogP contribution in [0.15, 0.2) is 35.5 Å². The number of hydrogen-bond donors (Lipinski definition) is 2. The lowest BCUT2D eigenvalue weighted by atomic mass is 9.93. The molecule has 0 aromatic heterocycles. The number of piperidine rings is 1. The standard InChI is InChI=1S/C18H20N4O5S/c1-11-14(16(23)24)15(12-6-5-7-13(10-12)22(26)27)21(17(28)19-11)18(25)20-8-3-2-4-9-20/h5-7,10,15H,2-4,8-9H2,1H3,(H,19,28)(H,23,24). The van der Waals surface area contributed by atoms with E-state index in [4.69, 9.17) is 12.2 Å². The second-order valence-corrected chi connectivity index (χ2v) is 7.12. The van der Waals surface area contributed by atoms with Crippen molar-refractivity contribution in [2.24, 2.45) is 0 Å². The Bertz CT molecular complexity index is 878. The van der Waals surface area contributed by atoms with Gasteiger partial charge in [0.1, 0.15) is 6.04 Å². The van der Waals surface area contributed by atoms with Crippen LogP contribution < -0.4 is 5.32 Å². The van der Waals surface area contributed by atoms with Crippen molar-refractivity contribution in [3.05, 3.63) is 51.2 Å². The predicted octanol–water partition coefficient (Wildman–Crippen LogP) is 2.79. The number of thiocarbonyl (C=S) groups is 1. The number of nitro groups is 1. The molecule has 10 heteroatoms. The molecule has 1 unspecified atom stereocenters. The van der Waals surface area contributed by atoms with Crippen LogP contribution in [0, 0.1) is 10.1 Å². The summed E-state index contributed by atoms with van der Waals surface area (Å²) < 4.78 is 0. The SMILES string of the molecule is CC1=C(C(=O)O)C(c2cccc([N+](=O)[O-])c2)N(C(=O)N2CCCCC2)C(=S)N1. The topological polar surface area (TPSA) is 116 Å². The van der Waals surface area contributed by atoms with Crippen molar-refractivity contribution in [3.63, 3.8) is 0 Å². The van der Waals surface area contributed by atoms with Crippen LogP contribution in [-0.2, 0) is 4.79 Å². The number of nitro benzene ring substituents is 1. The van der Waals surface area contributed by atoms with Gasteiger partial charge in [-0.05, 0) is 44.0 Å². The van der Waals surface area contributed by atoms with Crippen LogP contribution in [0.25, 0.3) is 0 Å². The Kier molecular flexibility index (Phi) is 5.59. The maximum atomic E-state index is 13.2. The molecule has 2 heterocycles. The molecular formula is C18H20N4O5S. The highest BCUT2D eigenvalue weighted by atomic mass is 32.1. The molecule has 2 amide bonds. The zero-order valence-corrected chi connectivity index (χ0v) is 16.1. The molecule has 0 bridgehead atoms. The fourth-order valence-corrected chi connectivity index (χ4v) is 3.91. The van der Waals surface area contributed by atoms with Crippen LogP contribution in [-0.4, -0.2) is 50.0 Å². The first-order valence-electron chi connectivity index (χ1n) is 8.88. The third-order valence-corrected chi connectivity index (χ3v) is 5.21. The fourth-order valence-electron chi connectivity index (χ4n) is 3.58. The van der Waals surface area contributed by atoms with Crippen LogP contribution in [0.4, 0.5) is 10.5 Å². The lowest BCUT2D eigenvalue weighted by Gasteiger charge is -2.41. The summed E-state index contributed by atoms with van der Waals surface area (Å²) in [7, 11) is 0. The van der Waals surface area contributed by atoms with E-state index in [1.165, 1.54) is 23.1 Å². The number of nitrogens with one attached hydrogen (secondary N) is 1. The molecule has 1 saturated heterocycles. The minimum absolute atomic E-state index is 0.0699. The largest absolute Gasteiger partial charge is 0.478 e. The highest BCUT2D eigenvalue weighted by Crippen LogP contribution is 2.36. The van der Waals surface area contributed by atoms with Crippen molar-refractivity contribution >= 4 is 35.0 Å². The molecule has 148 valence electrons. The molecule has 0 spiro atoms. The Balaban J connectivity index is 2.11. The lowest BCUT2D eigenvalue weighted by Crippen LogP contribution is -2.55. The molecule has 0 aliphatic carbocycles. The van der Waals surface area contributed by atoms with Gasteiger partial charge in [0.15, 0.2) is 5.11 Å². The summed E-state index contributed by atoms with van der Waals surface area (Å²) in [4.78, 5) is 38.7. The maximum Gasteiger partial charge on any atom is 0.335 e. The Hall–Kier alpha value is -3.01. The molecule has 28 heavy (non-hydrogen) atoms. The first-order valence-corrected chi connectivity index (χ1v) is 9.29. The van der Waals surface area contributed by atoms with E-state index < -0.39 is 23.0 Å². The average molecular weight is 404 g/mol. The summed E-state index contributed by atoms with van der Waals surface area (Å²) >= 11 is 5.36. The lowest BCUT2D eigenvalue weighted by molar-refractivity contribution is -0.384. The van der Waals surface area contributed by atoms with E-state index >= 15 is 0 Å². The van der Waals surface area contributed by atoms with E-state index in [2.05, 4.69) is 5.32 Å². The molecule has 1 atom stereocenters. The van der Waals surface area contributed by atoms with E-state index in [9.17, 15) is 24.8 Å². The molecule has 1 fully saturated rings. The van der Waals surface area contributed by atoms with Gasteiger partial charge in [-0.25, -0.2) is 9.59 Å². The summed E-state index contributed by atoms with van der Waals surface area (Å²) in [5, 5.41) is 23.9. The summed E-state index contributed by atoms with van der Waals surface area (Å²) in [6.45, 7) is 2.68. The highest BCUT2D eigenvalue weighted by molar-refractivity contribution is 7.80. The number of aliphatic carboxylic acids is 1. The van der Waals surface area contributed by atoms with Gasteiger partial charge in [-0.15, -0.1) is 0 Å². The van der Waals surface area contributed by atoms with Gasteiger partial charge in [-0.1, -0.05) is 12.1 Å². The van der Waals surface area contributed by atoms with Gasteiger partial charge in [-0.3, -0.25) is 15.0 Å². The van der Waals surface area contributed by atoms with E-state index in [-0.39, 0.29) is 16.4 Å². The van der Waals surface area contributed by atoms with E-state index in [0.29, 0.717) is 24.4 Å². The molecule has 2 N–H and O–H groups in total. The molecule has 3 rings (SSSR count). The number of non-ortho nitro benzene ring substituents is 1. The van der Waals surface area contributed by atoms with Crippen LogP contribution in [0.2, 0.25) is 0 Å². The minimum atomic E-state index is -1.22. The molecule has 1 aromatic rings. The van der Waals surface area contributed by atoms with E-state index in [1.807, 2.05) is 0 Å². The summed E-state index contributed by atoms with van der Waals surface area (Å²) in [5.74, 6) is -1.22. The number of rotatable bonds is 3. The maximum absolute atomic E-state index is 13.2. The van der Waals surface area contributed by atoms with Gasteiger partial charge < -0.3 is 15.3 Å². The smallest absolute Gasteiger partial charge is 0.335 e. The number of carbonyl (C=O) groups is 2. The Labute approximate surface area is 166 Å². The first-order chi connectivity index (χ1) is 13.3. The molecular weight excluding hydrogens is 384 g/mol. The molecule has 9 nitrogen and oxygen atoms in total. The van der Waals surface area contributed by atoms with Gasteiger partial charge in [-0.2, -0.15) is 0 Å². The van der Waals surface area contributed by atoms with Gasteiger partial charge in [0.25, 0.3) is 5.69 Å². The summed E-state index contributed by atoms with van der Waals surface area (Å²) in [5.41, 5.74) is 0.367. The van der Waals surface area contributed by atoms with Crippen LogP contribution in [0.3, 0.4) is 0 Å². The van der Waals surface area contributed by atoms with Crippen molar-refractivity contribution in [3.8, 4) is 0 Å². The Morgan fingerprint density at radius 2 is 1.96 bits per heavy atom. The third-order valence-electron chi connectivity index (χ3n) is 4.91. The Morgan fingerprint density at radius 3 is 2.57 bits per heavy atom. The minimum Gasteiger partial charge on any atom is -0.478 e. The fraction of sp³-hybridized carbons (Fsp3) is 0.389. The molecule has 2 aliphatic rings. The van der Waals surface area contributed by atoms with Gasteiger partial charge in [0.2, 0.25) is 0 Å². The second-order valence-electron chi connectivity index (χ2n) is 6.73. The number of allylic oxidation sites excluding steroid dienone is 1. The molecule has 0 saturated carbocycles. The number of amides is 2. The van der Waals surface area contributed by atoms with Crippen molar-refractivity contribution in [1.29, 1.82) is 0 Å². The number of carboxylic acid groups (broad SMARTS) is 1. The first kappa shape index (κ1) is 19.7. The van der Waals surface area contributed by atoms with Crippen molar-refractivity contribution < 1.29 is 19.6 Å². The average Bonchev–Trinajstić information content (AvgIpc) is 2.67. The number of likely N-dealkylation sites (tertiary alicyclic amines) is 1. The summed E-state index contributed by atoms with van der Waals surface area (Å²) in [6.07, 6.45) is 2.75. The number of nitrogens with zero attached hydrogens (tertiary/aromatic N) is 3. The zero-order valence-electron chi connectivity index (χ0n) is 15.3. The second kappa shape index (κ2) is 7.93. The number of urea groups is 1. The number of carbonyl (C=O) groups excluding carboxylic acids is 1. The van der Waals surface area contributed by atoms with Crippen molar-refractivity contribution in [1.82, 2.24) is 15.1 Å². The number of hydrogen-bond acceptors (Lipinski definition) is 5. The molecule has 0 radical (unpaired) electrons. The number of benzene rings is 1. The third kappa shape index (κ3) is 3.68. The van der Waals surface area contributed by atoms with Gasteiger partial charge in [0.05, 0.1) is 10.5 Å². The van der Waals surface area contributed by atoms with E-state index in [0.717, 1.165) is 19.3 Å². The summed E-state index contributed by atoms with van der Waals surface area (Å²) in [6, 6.07) is 4.18. The van der Waals surface area contributed by atoms with Crippen LogP contribution in [0.1, 0.15) is 37.8 Å². The van der Waals surface area contributed by atoms with Crippen molar-refractivity contribution in [2.75, 3.05) is 13.1 Å². The van der Waals surface area contributed by atoms with Crippen molar-refractivity contribution in [2.45, 2.75) is 32.2 Å². The predicted molar refractivity (Wildman–Crippen MR) is 105 cm³/mol. The van der Waals surface area contributed by atoms with Crippen LogP contribution >= 0.6 is 12.2 Å². The van der Waals surface area contributed by atoms with Gasteiger partial charge in [0, 0.05) is 30.9 Å². The van der Waals surface area contributed by atoms with Gasteiger partial charge >= 0.3 is 12.0 Å². The molecule has 1 aromatic carbocycles. The zero-order chi connectivity index (χ0) is 20.4. The normalized spacial score (nSPS) is 20.0. The van der Waals surface area contributed by atoms with Crippen LogP contribution in [0.5, 0.6) is 0 Å². The van der Waals surface area contributed by atoms with E-state index in [1.54, 1.807) is 17.9 Å². The highest BCUT2D eigenvalue weighted by Gasteiger charge is 2.41. The molecule has 2 aliphatic heterocycles. The Morgan fingerprint density at radius 1 is 1.29 bits per heavy atom. The number of carboxylic acids is 1. The quantitative estimate of drug-likeness (QED) is 0.452. The monoisotopic (exact) mass is 404 g/mol.